The molecule has 4 rings (SSSR count). The summed E-state index contributed by atoms with van der Waals surface area (Å²) in [6.07, 6.45) is 0. The molecule has 1 aromatic heterocycles. The van der Waals surface area contributed by atoms with E-state index in [-0.39, 0.29) is 11.6 Å². The molecule has 1 amide bonds. The minimum atomic E-state index is -0.293. The number of hydrogen-bond acceptors (Lipinski definition) is 6. The number of rotatable bonds is 4. The Morgan fingerprint density at radius 1 is 0.897 bits per heavy atom. The zero-order valence-corrected chi connectivity index (χ0v) is 16.6. The molecule has 0 saturated carbocycles. The van der Waals surface area contributed by atoms with Crippen molar-refractivity contribution in [2.75, 3.05) is 23.8 Å². The number of carbonyl (C=O) groups excluding carboxylic acids is 1. The van der Waals surface area contributed by atoms with Crippen LogP contribution in [-0.2, 0) is 0 Å². The van der Waals surface area contributed by atoms with Crippen molar-refractivity contribution in [3.63, 3.8) is 0 Å². The highest BCUT2D eigenvalue weighted by molar-refractivity contribution is 6.03. The molecule has 29 heavy (non-hydrogen) atoms. The van der Waals surface area contributed by atoms with E-state index in [4.69, 9.17) is 9.47 Å². The van der Waals surface area contributed by atoms with E-state index in [9.17, 15) is 4.79 Å². The summed E-state index contributed by atoms with van der Waals surface area (Å²) >= 11 is 0. The van der Waals surface area contributed by atoms with Gasteiger partial charge in [0.2, 0.25) is 0 Å². The number of nitrogens with zero attached hydrogens (tertiary/aromatic N) is 2. The van der Waals surface area contributed by atoms with E-state index in [1.54, 1.807) is 12.1 Å². The molecule has 1 aliphatic rings. The van der Waals surface area contributed by atoms with Crippen molar-refractivity contribution in [3.8, 4) is 11.5 Å². The van der Waals surface area contributed by atoms with Crippen molar-refractivity contribution in [2.45, 2.75) is 20.8 Å². The largest absolute Gasteiger partial charge is 0.486 e. The van der Waals surface area contributed by atoms with Gasteiger partial charge in [0.15, 0.2) is 23.0 Å². The molecule has 2 N–H and O–H groups in total. The molecule has 0 bridgehead atoms. The number of amides is 1. The van der Waals surface area contributed by atoms with Crippen molar-refractivity contribution >= 4 is 23.1 Å². The monoisotopic (exact) mass is 390 g/mol. The maximum Gasteiger partial charge on any atom is 0.276 e. The van der Waals surface area contributed by atoms with Crippen molar-refractivity contribution in [1.82, 2.24) is 10.2 Å². The number of aryl methyl sites for hydroxylation is 3. The predicted molar refractivity (Wildman–Crippen MR) is 111 cm³/mol. The molecular formula is C22H22N4O3. The van der Waals surface area contributed by atoms with Crippen LogP contribution in [0.4, 0.5) is 17.2 Å². The van der Waals surface area contributed by atoms with E-state index in [0.717, 1.165) is 33.8 Å². The number of hydrogen-bond donors (Lipinski definition) is 2. The number of nitrogens with one attached hydrogen (secondary N) is 2. The van der Waals surface area contributed by atoms with E-state index in [1.165, 1.54) is 0 Å². The maximum atomic E-state index is 12.6. The fourth-order valence-corrected chi connectivity index (χ4v) is 3.34. The van der Waals surface area contributed by atoms with Crippen LogP contribution in [-0.4, -0.2) is 29.3 Å². The lowest BCUT2D eigenvalue weighted by Gasteiger charge is -2.19. The lowest BCUT2D eigenvalue weighted by atomic mass is 10.1. The highest BCUT2D eigenvalue weighted by Gasteiger charge is 2.14. The lowest BCUT2D eigenvalue weighted by molar-refractivity contribution is 0.102. The van der Waals surface area contributed by atoms with Crippen LogP contribution >= 0.6 is 0 Å². The quantitative estimate of drug-likeness (QED) is 0.695. The summed E-state index contributed by atoms with van der Waals surface area (Å²) in [5, 5.41) is 14.3. The molecule has 0 aliphatic carbocycles. The predicted octanol–water partition coefficient (Wildman–Crippen LogP) is 4.17. The van der Waals surface area contributed by atoms with Gasteiger partial charge < -0.3 is 20.1 Å². The molecule has 7 nitrogen and oxygen atoms in total. The number of fused-ring (bicyclic) bond motifs is 1. The van der Waals surface area contributed by atoms with Gasteiger partial charge in [-0.1, -0.05) is 17.7 Å². The van der Waals surface area contributed by atoms with Gasteiger partial charge in [-0.15, -0.1) is 10.2 Å². The first-order valence-electron chi connectivity index (χ1n) is 9.39. The highest BCUT2D eigenvalue weighted by Crippen LogP contribution is 2.33. The number of carbonyl (C=O) groups is 1. The van der Waals surface area contributed by atoms with Gasteiger partial charge in [-0.3, -0.25) is 4.79 Å². The van der Waals surface area contributed by atoms with Gasteiger partial charge in [0.25, 0.3) is 5.91 Å². The van der Waals surface area contributed by atoms with Gasteiger partial charge in [0, 0.05) is 17.4 Å². The third kappa shape index (κ3) is 4.13. The van der Waals surface area contributed by atoms with Crippen LogP contribution in [0.1, 0.15) is 27.2 Å². The first kappa shape index (κ1) is 18.7. The molecule has 0 atom stereocenters. The average Bonchev–Trinajstić information content (AvgIpc) is 2.71. The van der Waals surface area contributed by atoms with E-state index < -0.39 is 0 Å². The van der Waals surface area contributed by atoms with Gasteiger partial charge in [0.05, 0.1) is 0 Å². The summed E-state index contributed by atoms with van der Waals surface area (Å²) in [6.45, 7) is 7.06. The zero-order chi connectivity index (χ0) is 20.4. The van der Waals surface area contributed by atoms with Crippen LogP contribution in [0.3, 0.4) is 0 Å². The van der Waals surface area contributed by atoms with Gasteiger partial charge in [-0.2, -0.15) is 0 Å². The molecule has 0 fully saturated rings. The average molecular weight is 390 g/mol. The Morgan fingerprint density at radius 3 is 2.31 bits per heavy atom. The molecule has 2 heterocycles. The molecule has 3 aromatic rings. The fourth-order valence-electron chi connectivity index (χ4n) is 3.34. The second-order valence-corrected chi connectivity index (χ2v) is 7.02. The number of benzene rings is 2. The van der Waals surface area contributed by atoms with Gasteiger partial charge >= 0.3 is 0 Å². The van der Waals surface area contributed by atoms with Crippen LogP contribution in [0.5, 0.6) is 11.5 Å². The summed E-state index contributed by atoms with van der Waals surface area (Å²) in [7, 11) is 0. The van der Waals surface area contributed by atoms with E-state index in [1.807, 2.05) is 51.1 Å². The molecular weight excluding hydrogens is 368 g/mol. The van der Waals surface area contributed by atoms with E-state index >= 15 is 0 Å². The second-order valence-electron chi connectivity index (χ2n) is 7.02. The smallest absolute Gasteiger partial charge is 0.276 e. The van der Waals surface area contributed by atoms with Crippen LogP contribution in [0.25, 0.3) is 0 Å². The van der Waals surface area contributed by atoms with Crippen LogP contribution < -0.4 is 20.1 Å². The third-order valence-electron chi connectivity index (χ3n) is 4.63. The number of aromatic nitrogens is 2. The molecule has 0 radical (unpaired) electrons. The molecule has 0 unspecified atom stereocenters. The Balaban J connectivity index is 1.46. The van der Waals surface area contributed by atoms with Crippen molar-refractivity contribution < 1.29 is 14.3 Å². The lowest BCUT2D eigenvalue weighted by Crippen LogP contribution is -2.16. The van der Waals surface area contributed by atoms with Gasteiger partial charge in [-0.25, -0.2) is 0 Å². The summed E-state index contributed by atoms with van der Waals surface area (Å²) in [5.74, 6) is 1.65. The summed E-state index contributed by atoms with van der Waals surface area (Å²) < 4.78 is 11.1. The van der Waals surface area contributed by atoms with Gasteiger partial charge in [0.1, 0.15) is 13.2 Å². The standard InChI is InChI=1S/C22H22N4O3/c1-13-10-14(2)21(15(3)11-13)24-22(27)17-5-7-20(26-25-17)23-16-4-6-18-19(12-16)29-9-8-28-18/h4-7,10-12H,8-9H2,1-3H3,(H,23,26)(H,24,27). The summed E-state index contributed by atoms with van der Waals surface area (Å²) in [4.78, 5) is 12.6. The molecule has 0 spiro atoms. The van der Waals surface area contributed by atoms with Crippen molar-refractivity contribution in [1.29, 1.82) is 0 Å². The van der Waals surface area contributed by atoms with Gasteiger partial charge in [-0.05, 0) is 56.2 Å². The van der Waals surface area contributed by atoms with E-state index in [2.05, 4.69) is 20.8 Å². The van der Waals surface area contributed by atoms with Crippen LogP contribution in [0, 0.1) is 20.8 Å². The summed E-state index contributed by atoms with van der Waals surface area (Å²) in [5.41, 5.74) is 5.04. The Bertz CT molecular complexity index is 1040. The summed E-state index contributed by atoms with van der Waals surface area (Å²) in [6, 6.07) is 13.0. The normalized spacial score (nSPS) is 12.4. The Morgan fingerprint density at radius 2 is 1.62 bits per heavy atom. The maximum absolute atomic E-state index is 12.6. The molecule has 148 valence electrons. The number of anilines is 3. The van der Waals surface area contributed by atoms with Crippen molar-refractivity contribution in [2.24, 2.45) is 0 Å². The van der Waals surface area contributed by atoms with Crippen molar-refractivity contribution in [3.05, 3.63) is 64.8 Å². The number of ether oxygens (including phenoxy) is 2. The molecule has 1 aliphatic heterocycles. The van der Waals surface area contributed by atoms with E-state index in [0.29, 0.717) is 24.8 Å². The first-order valence-corrected chi connectivity index (χ1v) is 9.39. The zero-order valence-electron chi connectivity index (χ0n) is 16.6. The molecule has 0 saturated heterocycles. The molecule has 2 aromatic carbocycles. The Labute approximate surface area is 169 Å². The van der Waals surface area contributed by atoms with Crippen LogP contribution in [0.2, 0.25) is 0 Å². The minimum absolute atomic E-state index is 0.247. The molecule has 7 heteroatoms. The highest BCUT2D eigenvalue weighted by atomic mass is 16.6. The third-order valence-corrected chi connectivity index (χ3v) is 4.63. The first-order chi connectivity index (χ1) is 14.0. The van der Waals surface area contributed by atoms with Crippen LogP contribution in [0.15, 0.2) is 42.5 Å². The SMILES string of the molecule is Cc1cc(C)c(NC(=O)c2ccc(Nc3ccc4c(c3)OCCO4)nn2)c(C)c1. The fraction of sp³-hybridized carbons (Fsp3) is 0.227. The minimum Gasteiger partial charge on any atom is -0.486 e. The second kappa shape index (κ2) is 7.79. The Kier molecular flexibility index (Phi) is 5.03. The Hall–Kier alpha value is -3.61. The topological polar surface area (TPSA) is 85.4 Å².